The van der Waals surface area contributed by atoms with E-state index in [1.54, 1.807) is 0 Å². The van der Waals surface area contributed by atoms with E-state index in [0.29, 0.717) is 12.5 Å². The second-order valence-electron chi connectivity index (χ2n) is 3.48. The van der Waals surface area contributed by atoms with Crippen LogP contribution in [0.15, 0.2) is 0 Å². The molecule has 0 aliphatic heterocycles. The van der Waals surface area contributed by atoms with E-state index in [1.807, 2.05) is 13.8 Å². The van der Waals surface area contributed by atoms with Crippen molar-refractivity contribution in [2.24, 2.45) is 5.92 Å². The molecule has 0 fully saturated rings. The molecule has 0 aliphatic carbocycles. The summed E-state index contributed by atoms with van der Waals surface area (Å²) in [6.45, 7) is 6.39. The molecule has 1 unspecified atom stereocenters. The first-order chi connectivity index (χ1) is 6.45. The van der Waals surface area contributed by atoms with Gasteiger partial charge in [-0.1, -0.05) is 13.8 Å². The van der Waals surface area contributed by atoms with Crippen LogP contribution in [0.25, 0.3) is 0 Å². The maximum atomic E-state index is 11.7. The Hall–Kier alpha value is -0.290. The van der Waals surface area contributed by atoms with E-state index in [9.17, 15) is 13.2 Å². The molecular formula is C9H19F3N2. The fraction of sp³-hybridized carbons (Fsp3) is 1.00. The summed E-state index contributed by atoms with van der Waals surface area (Å²) >= 11 is 0. The molecule has 0 aliphatic rings. The Labute approximate surface area is 83.3 Å². The van der Waals surface area contributed by atoms with Gasteiger partial charge in [-0.3, -0.25) is 0 Å². The summed E-state index contributed by atoms with van der Waals surface area (Å²) in [7, 11) is 0. The van der Waals surface area contributed by atoms with Gasteiger partial charge in [0.25, 0.3) is 0 Å². The summed E-state index contributed by atoms with van der Waals surface area (Å²) in [4.78, 5) is 0. The van der Waals surface area contributed by atoms with E-state index in [-0.39, 0.29) is 6.54 Å². The second-order valence-corrected chi connectivity index (χ2v) is 3.48. The van der Waals surface area contributed by atoms with Crippen molar-refractivity contribution < 1.29 is 13.2 Å². The molecule has 0 radical (unpaired) electrons. The van der Waals surface area contributed by atoms with Crippen molar-refractivity contribution >= 4 is 0 Å². The van der Waals surface area contributed by atoms with Crippen LogP contribution in [0.1, 0.15) is 20.3 Å². The highest BCUT2D eigenvalue weighted by molar-refractivity contribution is 4.61. The van der Waals surface area contributed by atoms with Crippen molar-refractivity contribution in [1.29, 1.82) is 0 Å². The molecule has 14 heavy (non-hydrogen) atoms. The van der Waals surface area contributed by atoms with E-state index in [0.717, 1.165) is 13.1 Å². The maximum absolute atomic E-state index is 11.7. The summed E-state index contributed by atoms with van der Waals surface area (Å²) in [5, 5.41) is 5.93. The number of hydrogen-bond donors (Lipinski definition) is 2. The minimum Gasteiger partial charge on any atom is -0.317 e. The smallest absolute Gasteiger partial charge is 0.317 e. The number of halogens is 3. The molecule has 0 saturated carbocycles. The molecule has 0 aromatic carbocycles. The van der Waals surface area contributed by atoms with Crippen LogP contribution in [0, 0.1) is 5.92 Å². The summed E-state index contributed by atoms with van der Waals surface area (Å²) in [6.07, 6.45) is -4.79. The van der Waals surface area contributed by atoms with Crippen LogP contribution in [0.4, 0.5) is 13.2 Å². The Kier molecular flexibility index (Phi) is 6.92. The van der Waals surface area contributed by atoms with Gasteiger partial charge in [0.15, 0.2) is 0 Å². The molecule has 0 aromatic heterocycles. The third-order valence-electron chi connectivity index (χ3n) is 1.82. The lowest BCUT2D eigenvalue weighted by molar-refractivity contribution is -0.133. The van der Waals surface area contributed by atoms with Crippen molar-refractivity contribution in [2.75, 3.05) is 26.2 Å². The second kappa shape index (κ2) is 7.06. The van der Waals surface area contributed by atoms with Gasteiger partial charge in [-0.05, 0) is 25.6 Å². The highest BCUT2D eigenvalue weighted by atomic mass is 19.4. The fourth-order valence-electron chi connectivity index (χ4n) is 1.04. The van der Waals surface area contributed by atoms with Gasteiger partial charge in [0.05, 0.1) is 6.42 Å². The third kappa shape index (κ3) is 9.80. The van der Waals surface area contributed by atoms with E-state index < -0.39 is 12.6 Å². The van der Waals surface area contributed by atoms with E-state index in [4.69, 9.17) is 0 Å². The molecule has 0 aromatic rings. The standard InChI is InChI=1S/C9H19F3N2/c1-3-13-6-8(2)7-14-5-4-9(10,11)12/h8,13-14H,3-7H2,1-2H3. The van der Waals surface area contributed by atoms with E-state index in [2.05, 4.69) is 10.6 Å². The van der Waals surface area contributed by atoms with Gasteiger partial charge in [0.1, 0.15) is 0 Å². The highest BCUT2D eigenvalue weighted by Gasteiger charge is 2.25. The molecule has 5 heteroatoms. The first-order valence-corrected chi connectivity index (χ1v) is 4.94. The molecule has 2 N–H and O–H groups in total. The normalized spacial score (nSPS) is 14.4. The molecule has 0 heterocycles. The van der Waals surface area contributed by atoms with Gasteiger partial charge < -0.3 is 10.6 Å². The largest absolute Gasteiger partial charge is 0.390 e. The number of rotatable bonds is 7. The molecule has 86 valence electrons. The molecule has 2 nitrogen and oxygen atoms in total. The maximum Gasteiger partial charge on any atom is 0.390 e. The molecule has 0 bridgehead atoms. The summed E-state index contributed by atoms with van der Waals surface area (Å²) < 4.78 is 35.2. The Balaban J connectivity index is 3.27. The van der Waals surface area contributed by atoms with Crippen LogP contribution in [0.2, 0.25) is 0 Å². The minimum atomic E-state index is -4.04. The van der Waals surface area contributed by atoms with Crippen molar-refractivity contribution in [3.63, 3.8) is 0 Å². The van der Waals surface area contributed by atoms with Crippen LogP contribution >= 0.6 is 0 Å². The lowest BCUT2D eigenvalue weighted by Crippen LogP contribution is -2.31. The van der Waals surface area contributed by atoms with Gasteiger partial charge >= 0.3 is 6.18 Å². The van der Waals surface area contributed by atoms with Crippen molar-refractivity contribution in [3.05, 3.63) is 0 Å². The van der Waals surface area contributed by atoms with Gasteiger partial charge in [0.2, 0.25) is 0 Å². The third-order valence-corrected chi connectivity index (χ3v) is 1.82. The zero-order valence-electron chi connectivity index (χ0n) is 8.75. The van der Waals surface area contributed by atoms with Crippen LogP contribution in [-0.2, 0) is 0 Å². The number of nitrogens with one attached hydrogen (secondary N) is 2. The zero-order valence-corrected chi connectivity index (χ0v) is 8.75. The van der Waals surface area contributed by atoms with E-state index >= 15 is 0 Å². The number of hydrogen-bond acceptors (Lipinski definition) is 2. The topological polar surface area (TPSA) is 24.1 Å². The highest BCUT2D eigenvalue weighted by Crippen LogP contribution is 2.18. The Morgan fingerprint density at radius 1 is 1.14 bits per heavy atom. The van der Waals surface area contributed by atoms with Gasteiger partial charge in [-0.15, -0.1) is 0 Å². The van der Waals surface area contributed by atoms with Crippen LogP contribution in [0.3, 0.4) is 0 Å². The van der Waals surface area contributed by atoms with Gasteiger partial charge in [-0.25, -0.2) is 0 Å². The summed E-state index contributed by atoms with van der Waals surface area (Å²) in [5.74, 6) is 0.364. The van der Waals surface area contributed by atoms with Crippen molar-refractivity contribution in [2.45, 2.75) is 26.4 Å². The SMILES string of the molecule is CCNCC(C)CNCCC(F)(F)F. The van der Waals surface area contributed by atoms with E-state index in [1.165, 1.54) is 0 Å². The van der Waals surface area contributed by atoms with Crippen molar-refractivity contribution in [1.82, 2.24) is 10.6 Å². The summed E-state index contributed by atoms with van der Waals surface area (Å²) in [5.41, 5.74) is 0. The van der Waals surface area contributed by atoms with Crippen LogP contribution in [0.5, 0.6) is 0 Å². The van der Waals surface area contributed by atoms with Crippen LogP contribution in [-0.4, -0.2) is 32.4 Å². The van der Waals surface area contributed by atoms with Gasteiger partial charge in [0, 0.05) is 6.54 Å². The lowest BCUT2D eigenvalue weighted by atomic mass is 10.2. The Bertz CT molecular complexity index is 137. The monoisotopic (exact) mass is 212 g/mol. The molecule has 0 saturated heterocycles. The van der Waals surface area contributed by atoms with Gasteiger partial charge in [-0.2, -0.15) is 13.2 Å². The van der Waals surface area contributed by atoms with Crippen molar-refractivity contribution in [3.8, 4) is 0 Å². The molecule has 0 rings (SSSR count). The minimum absolute atomic E-state index is 0.0139. The zero-order chi connectivity index (χ0) is 11.0. The number of alkyl halides is 3. The molecule has 0 amide bonds. The average Bonchev–Trinajstić information content (AvgIpc) is 2.07. The first-order valence-electron chi connectivity index (χ1n) is 4.94. The average molecular weight is 212 g/mol. The van der Waals surface area contributed by atoms with Crippen LogP contribution < -0.4 is 10.6 Å². The Morgan fingerprint density at radius 3 is 2.21 bits per heavy atom. The predicted octanol–water partition coefficient (Wildman–Crippen LogP) is 1.77. The first kappa shape index (κ1) is 13.7. The molecule has 0 spiro atoms. The Morgan fingerprint density at radius 2 is 1.71 bits per heavy atom. The fourth-order valence-corrected chi connectivity index (χ4v) is 1.04. The molecule has 1 atom stereocenters. The predicted molar refractivity (Wildman–Crippen MR) is 51.2 cm³/mol. The molecular weight excluding hydrogens is 193 g/mol. The lowest BCUT2D eigenvalue weighted by Gasteiger charge is -2.13. The quantitative estimate of drug-likeness (QED) is 0.628. The summed E-state index contributed by atoms with van der Waals surface area (Å²) in [6, 6.07) is 0.